The zero-order chi connectivity index (χ0) is 34.1. The lowest BCUT2D eigenvalue weighted by atomic mass is 9.92. The van der Waals surface area contributed by atoms with Gasteiger partial charge >= 0.3 is 0 Å². The van der Waals surface area contributed by atoms with Crippen LogP contribution in [-0.2, 0) is 28.8 Å². The molecule has 0 bridgehead atoms. The fraction of sp³-hybridized carbons (Fsp3) is 0.812. The lowest BCUT2D eigenvalue weighted by Crippen LogP contribution is -2.61. The third-order valence-electron chi connectivity index (χ3n) is 7.97. The summed E-state index contributed by atoms with van der Waals surface area (Å²) in [7, 11) is 0. The molecule has 7 atom stereocenters. The summed E-state index contributed by atoms with van der Waals surface area (Å²) >= 11 is 1.54. The molecule has 0 fully saturated rings. The minimum Gasteiger partial charge on any atom is -0.347 e. The van der Waals surface area contributed by atoms with Gasteiger partial charge in [-0.05, 0) is 48.5 Å². The van der Waals surface area contributed by atoms with Gasteiger partial charge in [0, 0.05) is 5.92 Å². The molecule has 254 valence electrons. The molecule has 0 aliphatic heterocycles. The number of carbonyl (C=O) groups excluding carboxylic acids is 6. The highest BCUT2D eigenvalue weighted by molar-refractivity contribution is 7.98. The van der Waals surface area contributed by atoms with Crippen molar-refractivity contribution in [1.82, 2.24) is 26.6 Å². The summed E-state index contributed by atoms with van der Waals surface area (Å²) < 4.78 is 0. The maximum absolute atomic E-state index is 13.6. The summed E-state index contributed by atoms with van der Waals surface area (Å²) in [6, 6.07) is -4.31. The molecule has 44 heavy (non-hydrogen) atoms. The molecule has 0 saturated heterocycles. The third kappa shape index (κ3) is 14.0. The molecular weight excluding hydrogens is 582 g/mol. The number of ketones is 1. The van der Waals surface area contributed by atoms with Crippen molar-refractivity contribution in [3.63, 3.8) is 0 Å². The molecule has 0 saturated carbocycles. The van der Waals surface area contributed by atoms with E-state index < -0.39 is 53.8 Å². The van der Waals surface area contributed by atoms with Crippen molar-refractivity contribution in [3.05, 3.63) is 0 Å². The number of nitrogens with one attached hydrogen (secondary N) is 5. The first-order chi connectivity index (χ1) is 20.5. The molecule has 0 aromatic carbocycles. The first-order valence-electron chi connectivity index (χ1n) is 16.0. The number of amides is 5. The van der Waals surface area contributed by atoms with Gasteiger partial charge in [-0.3, -0.25) is 28.8 Å². The largest absolute Gasteiger partial charge is 0.347 e. The molecule has 0 aliphatic rings. The zero-order valence-corrected chi connectivity index (χ0v) is 29.6. The van der Waals surface area contributed by atoms with Crippen LogP contribution in [0.2, 0.25) is 0 Å². The molecule has 5 amide bonds. The normalized spacial score (nSPS) is 16.2. The van der Waals surface area contributed by atoms with E-state index in [2.05, 4.69) is 26.6 Å². The number of thioether (sulfide) groups is 1. The standard InChI is InChI=1S/C32H59N5O6S/c1-12-21(9)26(31(42)34-24(16-18(3)4)28(39)20(7)8)37-30(41)25(19(5)6)35-32(43)27(22(10)13-2)36-29(40)23(33-17-38)14-15-44-11/h17-27H,12-16H2,1-11H3,(H,33,38)(H,34,42)(H,35,43)(H,36,40)(H,37,41). The Hall–Kier alpha value is -2.63. The average Bonchev–Trinajstić information content (AvgIpc) is 2.96. The highest BCUT2D eigenvalue weighted by Crippen LogP contribution is 2.15. The average molecular weight is 642 g/mol. The van der Waals surface area contributed by atoms with Crippen LogP contribution in [0.4, 0.5) is 0 Å². The lowest BCUT2D eigenvalue weighted by molar-refractivity contribution is -0.136. The Labute approximate surface area is 269 Å². The van der Waals surface area contributed by atoms with Gasteiger partial charge < -0.3 is 26.6 Å². The van der Waals surface area contributed by atoms with Crippen LogP contribution < -0.4 is 26.6 Å². The zero-order valence-electron chi connectivity index (χ0n) is 28.7. The molecule has 0 aliphatic carbocycles. The highest BCUT2D eigenvalue weighted by atomic mass is 32.2. The van der Waals surface area contributed by atoms with Crippen molar-refractivity contribution in [2.45, 2.75) is 125 Å². The lowest BCUT2D eigenvalue weighted by Gasteiger charge is -2.31. The molecule has 5 N–H and O–H groups in total. The molecule has 0 heterocycles. The van der Waals surface area contributed by atoms with Gasteiger partial charge in [0.15, 0.2) is 5.78 Å². The van der Waals surface area contributed by atoms with Crippen LogP contribution in [0.15, 0.2) is 0 Å². The number of hydrogen-bond acceptors (Lipinski definition) is 7. The smallest absolute Gasteiger partial charge is 0.243 e. The van der Waals surface area contributed by atoms with E-state index in [0.717, 1.165) is 0 Å². The summed E-state index contributed by atoms with van der Waals surface area (Å²) in [5.74, 6) is -2.32. The van der Waals surface area contributed by atoms with Crippen LogP contribution in [0.25, 0.3) is 0 Å². The fourth-order valence-electron chi connectivity index (χ4n) is 4.67. The van der Waals surface area contributed by atoms with E-state index in [9.17, 15) is 28.8 Å². The van der Waals surface area contributed by atoms with Gasteiger partial charge in [-0.25, -0.2) is 0 Å². The number of rotatable bonds is 22. The second-order valence-corrected chi connectivity index (χ2v) is 13.8. The Morgan fingerprint density at radius 1 is 0.659 bits per heavy atom. The van der Waals surface area contributed by atoms with Crippen LogP contribution >= 0.6 is 11.8 Å². The van der Waals surface area contributed by atoms with Gasteiger partial charge in [0.1, 0.15) is 24.2 Å². The highest BCUT2D eigenvalue weighted by Gasteiger charge is 2.36. The van der Waals surface area contributed by atoms with Crippen molar-refractivity contribution in [1.29, 1.82) is 0 Å². The second kappa shape index (κ2) is 21.2. The maximum Gasteiger partial charge on any atom is 0.243 e. The SMILES string of the molecule is CCC(C)C(NC(=O)C(CCSC)NC=O)C(=O)NC(C(=O)NC(C(=O)NC(CC(C)C)C(=O)C(C)C)C(C)CC)C(C)C. The molecule has 0 rings (SSSR count). The first kappa shape index (κ1) is 41.4. The van der Waals surface area contributed by atoms with Crippen molar-refractivity contribution >= 4 is 47.6 Å². The minimum atomic E-state index is -0.991. The third-order valence-corrected chi connectivity index (χ3v) is 8.61. The summed E-state index contributed by atoms with van der Waals surface area (Å²) in [5, 5.41) is 13.8. The van der Waals surface area contributed by atoms with E-state index in [0.29, 0.717) is 37.8 Å². The van der Waals surface area contributed by atoms with Crippen LogP contribution in [0, 0.1) is 29.6 Å². The molecule has 0 aromatic rings. The van der Waals surface area contributed by atoms with Gasteiger partial charge in [0.05, 0.1) is 6.04 Å². The van der Waals surface area contributed by atoms with E-state index in [-0.39, 0.29) is 35.4 Å². The van der Waals surface area contributed by atoms with E-state index in [1.807, 2.05) is 47.8 Å². The quantitative estimate of drug-likeness (QED) is 0.114. The topological polar surface area (TPSA) is 163 Å². The Bertz CT molecular complexity index is 944. The van der Waals surface area contributed by atoms with Crippen molar-refractivity contribution in [2.75, 3.05) is 12.0 Å². The second-order valence-electron chi connectivity index (χ2n) is 12.8. The Balaban J connectivity index is 6.01. The number of carbonyl (C=O) groups is 6. The monoisotopic (exact) mass is 641 g/mol. The molecular formula is C32H59N5O6S. The van der Waals surface area contributed by atoms with E-state index in [4.69, 9.17) is 0 Å². The summed E-state index contributed by atoms with van der Waals surface area (Å²) in [5.41, 5.74) is 0. The van der Waals surface area contributed by atoms with Crippen molar-refractivity contribution < 1.29 is 28.8 Å². The molecule has 7 unspecified atom stereocenters. The van der Waals surface area contributed by atoms with Gasteiger partial charge in [-0.1, -0.05) is 82.1 Å². The van der Waals surface area contributed by atoms with Crippen LogP contribution in [0.5, 0.6) is 0 Å². The number of Topliss-reactive ketones (excluding diaryl/α,β-unsaturated/α-hetero) is 1. The fourth-order valence-corrected chi connectivity index (χ4v) is 5.14. The summed E-state index contributed by atoms with van der Waals surface area (Å²) in [4.78, 5) is 77.7. The Kier molecular flexibility index (Phi) is 19.9. The van der Waals surface area contributed by atoms with Crippen molar-refractivity contribution in [2.24, 2.45) is 29.6 Å². The van der Waals surface area contributed by atoms with E-state index >= 15 is 0 Å². The number of hydrogen-bond donors (Lipinski definition) is 5. The van der Waals surface area contributed by atoms with Gasteiger partial charge in [0.25, 0.3) is 0 Å². The van der Waals surface area contributed by atoms with Gasteiger partial charge in [0.2, 0.25) is 30.0 Å². The Morgan fingerprint density at radius 3 is 1.52 bits per heavy atom. The first-order valence-corrected chi connectivity index (χ1v) is 17.4. The van der Waals surface area contributed by atoms with Crippen LogP contribution in [-0.4, -0.2) is 78.0 Å². The maximum atomic E-state index is 13.6. The summed E-state index contributed by atoms with van der Waals surface area (Å²) in [6.07, 6.45) is 4.42. The molecule has 11 nitrogen and oxygen atoms in total. The molecule has 0 aromatic heterocycles. The van der Waals surface area contributed by atoms with Gasteiger partial charge in [-0.15, -0.1) is 0 Å². The molecule has 12 heteroatoms. The molecule has 0 spiro atoms. The van der Waals surface area contributed by atoms with Crippen LogP contribution in [0.3, 0.4) is 0 Å². The van der Waals surface area contributed by atoms with Crippen LogP contribution in [0.1, 0.15) is 94.9 Å². The van der Waals surface area contributed by atoms with Gasteiger partial charge in [-0.2, -0.15) is 11.8 Å². The molecule has 0 radical (unpaired) electrons. The predicted molar refractivity (Wildman–Crippen MR) is 177 cm³/mol. The van der Waals surface area contributed by atoms with E-state index in [1.165, 1.54) is 11.8 Å². The van der Waals surface area contributed by atoms with E-state index in [1.54, 1.807) is 27.7 Å². The Morgan fingerprint density at radius 2 is 1.11 bits per heavy atom. The van der Waals surface area contributed by atoms with Crippen molar-refractivity contribution in [3.8, 4) is 0 Å². The summed E-state index contributed by atoms with van der Waals surface area (Å²) in [6.45, 7) is 18.6. The minimum absolute atomic E-state index is 0.0641. The predicted octanol–water partition coefficient (Wildman–Crippen LogP) is 2.81.